The molecule has 0 saturated carbocycles. The zero-order valence-electron chi connectivity index (χ0n) is 21.7. The number of benzene rings is 1. The van der Waals surface area contributed by atoms with Gasteiger partial charge in [-0.05, 0) is 68.2 Å². The number of halogens is 3. The number of thioether (sulfide) groups is 1. The fourth-order valence-corrected chi connectivity index (χ4v) is 5.55. The van der Waals surface area contributed by atoms with Crippen LogP contribution in [0.4, 0.5) is 13.2 Å². The number of nitrogens with zero attached hydrogens (tertiary/aromatic N) is 1. The average molecular weight is 540 g/mol. The summed E-state index contributed by atoms with van der Waals surface area (Å²) < 4.78 is 56.8. The summed E-state index contributed by atoms with van der Waals surface area (Å²) >= 11 is 1.65. The van der Waals surface area contributed by atoms with E-state index in [1.165, 1.54) is 6.07 Å². The summed E-state index contributed by atoms with van der Waals surface area (Å²) in [4.78, 5) is 5.06. The van der Waals surface area contributed by atoms with Gasteiger partial charge in [-0.15, -0.1) is 11.8 Å². The second kappa shape index (κ2) is 12.0. The molecule has 9 heteroatoms. The first-order chi connectivity index (χ1) is 16.9. The zero-order chi connectivity index (χ0) is 26.4. The monoisotopic (exact) mass is 539 g/mol. The van der Waals surface area contributed by atoms with E-state index in [1.54, 1.807) is 24.2 Å². The number of allylic oxidation sites excluding steroid dienone is 1. The van der Waals surface area contributed by atoms with Gasteiger partial charge in [-0.3, -0.25) is 4.98 Å². The topological polar surface area (TPSA) is 40.6 Å². The Morgan fingerprint density at radius 2 is 1.83 bits per heavy atom. The molecule has 1 aliphatic heterocycles. The van der Waals surface area contributed by atoms with Crippen molar-refractivity contribution in [3.05, 3.63) is 59.9 Å². The predicted octanol–water partition coefficient (Wildman–Crippen LogP) is 7.78. The molecule has 0 spiro atoms. The van der Waals surface area contributed by atoms with Gasteiger partial charge in [0.25, 0.3) is 0 Å². The molecule has 0 radical (unpaired) electrons. The standard InChI is InChI=1S/C27H36F3NO3SSi/c1-25(2,3)36-34-26(4,5)24-12-10-20(18-33-24)32-15-7-6-8-16-35-23-13-14-31-22-17-19(27(28,29)30)9-11-21(22)23/h9,11-14,17-18H,6-8,10,15-16,36H2,1-5H3. The molecule has 0 saturated heterocycles. The van der Waals surface area contributed by atoms with Crippen LogP contribution in [0.25, 0.3) is 10.9 Å². The van der Waals surface area contributed by atoms with Crippen molar-refractivity contribution in [1.29, 1.82) is 0 Å². The van der Waals surface area contributed by atoms with Crippen LogP contribution >= 0.6 is 11.8 Å². The molecule has 2 heterocycles. The van der Waals surface area contributed by atoms with Crippen LogP contribution < -0.4 is 0 Å². The second-order valence-corrected chi connectivity index (χ2v) is 14.5. The fourth-order valence-electron chi connectivity index (χ4n) is 3.56. The van der Waals surface area contributed by atoms with Crippen molar-refractivity contribution in [1.82, 2.24) is 4.98 Å². The third kappa shape index (κ3) is 8.56. The number of rotatable bonds is 11. The van der Waals surface area contributed by atoms with Crippen molar-refractivity contribution in [3.8, 4) is 0 Å². The highest BCUT2D eigenvalue weighted by atomic mass is 32.2. The van der Waals surface area contributed by atoms with Crippen molar-refractivity contribution in [2.45, 2.75) is 82.0 Å². The number of alkyl halides is 3. The van der Waals surface area contributed by atoms with E-state index in [-0.39, 0.29) is 5.04 Å². The quantitative estimate of drug-likeness (QED) is 0.166. The first-order valence-electron chi connectivity index (χ1n) is 12.3. The van der Waals surface area contributed by atoms with Crippen LogP contribution in [0.15, 0.2) is 59.2 Å². The van der Waals surface area contributed by atoms with E-state index in [1.807, 2.05) is 26.0 Å². The summed E-state index contributed by atoms with van der Waals surface area (Å²) in [5.74, 6) is 2.53. The summed E-state index contributed by atoms with van der Waals surface area (Å²) in [6, 6.07) is 5.61. The van der Waals surface area contributed by atoms with E-state index in [4.69, 9.17) is 13.9 Å². The lowest BCUT2D eigenvalue weighted by molar-refractivity contribution is -0.137. The lowest BCUT2D eigenvalue weighted by atomic mass is 10.1. The molecule has 1 aliphatic rings. The lowest BCUT2D eigenvalue weighted by Gasteiger charge is -2.32. The molecule has 36 heavy (non-hydrogen) atoms. The van der Waals surface area contributed by atoms with Crippen molar-refractivity contribution >= 4 is 32.4 Å². The van der Waals surface area contributed by atoms with Crippen LogP contribution in [0.1, 0.15) is 65.9 Å². The minimum Gasteiger partial charge on any atom is -0.494 e. The van der Waals surface area contributed by atoms with Crippen LogP contribution in [0.3, 0.4) is 0 Å². The third-order valence-corrected chi connectivity index (χ3v) is 8.52. The zero-order valence-corrected chi connectivity index (χ0v) is 23.9. The van der Waals surface area contributed by atoms with Gasteiger partial charge >= 0.3 is 6.18 Å². The van der Waals surface area contributed by atoms with Crippen molar-refractivity contribution < 1.29 is 27.1 Å². The Hall–Kier alpha value is -1.97. The largest absolute Gasteiger partial charge is 0.494 e. The highest BCUT2D eigenvalue weighted by Gasteiger charge is 2.31. The van der Waals surface area contributed by atoms with Gasteiger partial charge in [0, 0.05) is 22.9 Å². The van der Waals surface area contributed by atoms with Crippen molar-refractivity contribution in [2.24, 2.45) is 0 Å². The minimum absolute atomic E-state index is 0.224. The number of ether oxygens (including phenoxy) is 2. The first kappa shape index (κ1) is 28.6. The van der Waals surface area contributed by atoms with E-state index in [0.29, 0.717) is 18.5 Å². The molecule has 4 nitrogen and oxygen atoms in total. The summed E-state index contributed by atoms with van der Waals surface area (Å²) in [6.07, 6.45) is 4.54. The van der Waals surface area contributed by atoms with Gasteiger partial charge in [-0.1, -0.05) is 26.8 Å². The van der Waals surface area contributed by atoms with Crippen LogP contribution in [0, 0.1) is 0 Å². The molecule has 0 amide bonds. The Balaban J connectivity index is 1.35. The normalized spacial score (nSPS) is 15.2. The number of hydrogen-bond acceptors (Lipinski definition) is 5. The van der Waals surface area contributed by atoms with Gasteiger partial charge in [-0.25, -0.2) is 0 Å². The minimum atomic E-state index is -4.36. The van der Waals surface area contributed by atoms with Gasteiger partial charge < -0.3 is 13.9 Å². The summed E-state index contributed by atoms with van der Waals surface area (Å²) in [6.45, 7) is 11.3. The van der Waals surface area contributed by atoms with Gasteiger partial charge in [0.05, 0.1) is 17.7 Å². The molecule has 2 aromatic rings. The SMILES string of the molecule is CC(C)(C)[SiH2]OC(C)(C)C1=CCC(OCCCCCSc2ccnc3cc(C(F)(F)F)ccc23)=CO1. The molecule has 0 aliphatic carbocycles. The van der Waals surface area contributed by atoms with Crippen molar-refractivity contribution in [3.63, 3.8) is 0 Å². The lowest BCUT2D eigenvalue weighted by Crippen LogP contribution is -2.33. The molecule has 198 valence electrons. The number of pyridine rings is 1. The third-order valence-electron chi connectivity index (χ3n) is 5.63. The maximum absolute atomic E-state index is 13.0. The Labute approximate surface area is 218 Å². The Bertz CT molecular complexity index is 1090. The summed E-state index contributed by atoms with van der Waals surface area (Å²) in [5.41, 5.74) is -0.733. The number of aromatic nitrogens is 1. The molecule has 0 atom stereocenters. The Morgan fingerprint density at radius 1 is 1.06 bits per heavy atom. The van der Waals surface area contributed by atoms with Crippen molar-refractivity contribution in [2.75, 3.05) is 12.4 Å². The molecule has 0 N–H and O–H groups in total. The van der Waals surface area contributed by atoms with Crippen LogP contribution in [0.5, 0.6) is 0 Å². The summed E-state index contributed by atoms with van der Waals surface area (Å²) in [5, 5.41) is 0.979. The van der Waals surface area contributed by atoms with E-state index in [0.717, 1.165) is 58.9 Å². The van der Waals surface area contributed by atoms with E-state index in [2.05, 4.69) is 25.8 Å². The molecule has 1 aromatic carbocycles. The first-order valence-corrected chi connectivity index (χ1v) is 14.5. The van der Waals surface area contributed by atoms with Gasteiger partial charge in [0.2, 0.25) is 0 Å². The molecule has 1 aromatic heterocycles. The van der Waals surface area contributed by atoms with E-state index < -0.39 is 27.1 Å². The smallest absolute Gasteiger partial charge is 0.416 e. The van der Waals surface area contributed by atoms with Crippen LogP contribution in [-0.2, 0) is 20.1 Å². The Morgan fingerprint density at radius 3 is 2.50 bits per heavy atom. The number of fused-ring (bicyclic) bond motifs is 1. The molecule has 3 rings (SSSR count). The van der Waals surface area contributed by atoms with E-state index >= 15 is 0 Å². The molecule has 0 unspecified atom stereocenters. The van der Waals surface area contributed by atoms with Crippen LogP contribution in [-0.4, -0.2) is 32.7 Å². The molecular weight excluding hydrogens is 503 g/mol. The average Bonchev–Trinajstić information content (AvgIpc) is 2.81. The maximum atomic E-state index is 13.0. The highest BCUT2D eigenvalue weighted by Crippen LogP contribution is 2.34. The maximum Gasteiger partial charge on any atom is 0.416 e. The molecule has 0 bridgehead atoms. The van der Waals surface area contributed by atoms with Gasteiger partial charge in [0.1, 0.15) is 23.4 Å². The highest BCUT2D eigenvalue weighted by molar-refractivity contribution is 7.99. The molecular formula is C27H36F3NO3SSi. The van der Waals surface area contributed by atoms with Gasteiger partial charge in [0.15, 0.2) is 9.76 Å². The second-order valence-electron chi connectivity index (χ2n) is 10.6. The predicted molar refractivity (Wildman–Crippen MR) is 143 cm³/mol. The van der Waals surface area contributed by atoms with E-state index in [9.17, 15) is 13.2 Å². The molecule has 0 fully saturated rings. The van der Waals surface area contributed by atoms with Crippen LogP contribution in [0.2, 0.25) is 5.04 Å². The summed E-state index contributed by atoms with van der Waals surface area (Å²) in [7, 11) is -0.690. The number of unbranched alkanes of at least 4 members (excludes halogenated alkanes) is 2. The fraction of sp³-hybridized carbons (Fsp3) is 0.519. The Kier molecular flexibility index (Phi) is 9.57. The number of hydrogen-bond donors (Lipinski definition) is 0. The van der Waals surface area contributed by atoms with Gasteiger partial charge in [-0.2, -0.15) is 13.2 Å².